The number of likely N-dealkylation sites (N-methyl/N-ethyl adjacent to an activating group) is 1. The topological polar surface area (TPSA) is 66.6 Å². The van der Waals surface area contributed by atoms with Gasteiger partial charge in [0.2, 0.25) is 11.8 Å². The van der Waals surface area contributed by atoms with Crippen molar-refractivity contribution >= 4 is 17.5 Å². The van der Waals surface area contributed by atoms with Gasteiger partial charge in [0.1, 0.15) is 0 Å². The lowest BCUT2D eigenvalue weighted by molar-refractivity contribution is -0.128. The SMILES string of the molecule is Cc1cccc(N(CCC(N)=O)CC(=O)N(C)CC2CC2)c1. The number of amides is 2. The molecular weight excluding hydrogens is 278 g/mol. The van der Waals surface area contributed by atoms with Gasteiger partial charge >= 0.3 is 0 Å². The van der Waals surface area contributed by atoms with E-state index in [1.165, 1.54) is 12.8 Å². The molecule has 0 spiro atoms. The molecule has 22 heavy (non-hydrogen) atoms. The van der Waals surface area contributed by atoms with Crippen molar-refractivity contribution in [1.29, 1.82) is 0 Å². The fourth-order valence-electron chi connectivity index (χ4n) is 2.44. The molecule has 0 bridgehead atoms. The summed E-state index contributed by atoms with van der Waals surface area (Å²) in [6.07, 6.45) is 2.69. The number of rotatable bonds is 8. The smallest absolute Gasteiger partial charge is 0.241 e. The minimum absolute atomic E-state index is 0.0814. The predicted octanol–water partition coefficient (Wildman–Crippen LogP) is 1.55. The molecule has 0 unspecified atom stereocenters. The van der Waals surface area contributed by atoms with Gasteiger partial charge in [-0.25, -0.2) is 0 Å². The Hall–Kier alpha value is -2.04. The number of hydrogen-bond acceptors (Lipinski definition) is 3. The lowest BCUT2D eigenvalue weighted by Crippen LogP contribution is -2.40. The van der Waals surface area contributed by atoms with Crippen LogP contribution >= 0.6 is 0 Å². The number of carbonyl (C=O) groups is 2. The molecule has 1 aromatic rings. The summed E-state index contributed by atoms with van der Waals surface area (Å²) in [6, 6.07) is 7.95. The maximum Gasteiger partial charge on any atom is 0.241 e. The van der Waals surface area contributed by atoms with E-state index in [0.29, 0.717) is 12.5 Å². The van der Waals surface area contributed by atoms with Gasteiger partial charge in [0.15, 0.2) is 0 Å². The van der Waals surface area contributed by atoms with Gasteiger partial charge in [-0.1, -0.05) is 12.1 Å². The Labute approximate surface area is 132 Å². The summed E-state index contributed by atoms with van der Waals surface area (Å²) in [7, 11) is 1.85. The highest BCUT2D eigenvalue weighted by atomic mass is 16.2. The number of primary amides is 1. The second kappa shape index (κ2) is 7.29. The highest BCUT2D eigenvalue weighted by Crippen LogP contribution is 2.29. The first-order valence-electron chi connectivity index (χ1n) is 7.79. The van der Waals surface area contributed by atoms with E-state index in [1.54, 1.807) is 4.90 Å². The van der Waals surface area contributed by atoms with Crippen LogP contribution in [0.3, 0.4) is 0 Å². The largest absolute Gasteiger partial charge is 0.370 e. The minimum Gasteiger partial charge on any atom is -0.370 e. The van der Waals surface area contributed by atoms with Gasteiger partial charge in [-0.15, -0.1) is 0 Å². The Morgan fingerprint density at radius 3 is 2.64 bits per heavy atom. The molecule has 1 saturated carbocycles. The molecule has 1 aliphatic rings. The Bertz CT molecular complexity index is 540. The van der Waals surface area contributed by atoms with E-state index in [1.807, 2.05) is 43.1 Å². The number of nitrogens with zero attached hydrogens (tertiary/aromatic N) is 2. The summed E-state index contributed by atoms with van der Waals surface area (Å²) in [5, 5.41) is 0. The van der Waals surface area contributed by atoms with Crippen molar-refractivity contribution < 1.29 is 9.59 Å². The molecule has 5 nitrogen and oxygen atoms in total. The molecule has 0 saturated heterocycles. The average molecular weight is 303 g/mol. The van der Waals surface area contributed by atoms with E-state index in [2.05, 4.69) is 0 Å². The number of carbonyl (C=O) groups excluding carboxylic acids is 2. The molecule has 2 rings (SSSR count). The van der Waals surface area contributed by atoms with Crippen LogP contribution in [-0.4, -0.2) is 43.4 Å². The van der Waals surface area contributed by atoms with Gasteiger partial charge in [-0.3, -0.25) is 9.59 Å². The summed E-state index contributed by atoms with van der Waals surface area (Å²) < 4.78 is 0. The maximum absolute atomic E-state index is 12.4. The van der Waals surface area contributed by atoms with Gasteiger partial charge < -0.3 is 15.5 Å². The van der Waals surface area contributed by atoms with Gasteiger partial charge in [0.05, 0.1) is 6.54 Å². The zero-order valence-electron chi connectivity index (χ0n) is 13.4. The van der Waals surface area contributed by atoms with Crippen LogP contribution in [0.15, 0.2) is 24.3 Å². The number of anilines is 1. The Morgan fingerprint density at radius 1 is 1.32 bits per heavy atom. The van der Waals surface area contributed by atoms with Gasteiger partial charge in [-0.2, -0.15) is 0 Å². The van der Waals surface area contributed by atoms with Crippen LogP contribution in [0.25, 0.3) is 0 Å². The van der Waals surface area contributed by atoms with Crippen LogP contribution in [0, 0.1) is 12.8 Å². The molecule has 0 heterocycles. The Balaban J connectivity index is 2.02. The number of hydrogen-bond donors (Lipinski definition) is 1. The molecule has 1 aliphatic carbocycles. The number of benzene rings is 1. The first-order valence-corrected chi connectivity index (χ1v) is 7.79. The monoisotopic (exact) mass is 303 g/mol. The van der Waals surface area contributed by atoms with Crippen molar-refractivity contribution in [2.45, 2.75) is 26.2 Å². The number of aryl methyl sites for hydroxylation is 1. The molecule has 120 valence electrons. The summed E-state index contributed by atoms with van der Waals surface area (Å²) in [5.74, 6) is 0.404. The van der Waals surface area contributed by atoms with Crippen molar-refractivity contribution in [1.82, 2.24) is 4.90 Å². The number of nitrogens with two attached hydrogens (primary N) is 1. The minimum atomic E-state index is -0.351. The fourth-order valence-corrected chi connectivity index (χ4v) is 2.44. The standard InChI is InChI=1S/C17H25N3O2/c1-13-4-3-5-15(10-13)20(9-8-16(18)21)12-17(22)19(2)11-14-6-7-14/h3-5,10,14H,6-9,11-12H2,1-2H3,(H2,18,21). The molecule has 2 amide bonds. The van der Waals surface area contributed by atoms with E-state index in [9.17, 15) is 9.59 Å². The van der Waals surface area contributed by atoms with E-state index >= 15 is 0 Å². The van der Waals surface area contributed by atoms with Crippen LogP contribution in [0.4, 0.5) is 5.69 Å². The zero-order chi connectivity index (χ0) is 16.1. The molecule has 0 aliphatic heterocycles. The third kappa shape index (κ3) is 5.06. The zero-order valence-corrected chi connectivity index (χ0v) is 13.4. The van der Waals surface area contributed by atoms with Crippen LogP contribution in [0.1, 0.15) is 24.8 Å². The third-order valence-electron chi connectivity index (χ3n) is 3.98. The molecule has 2 N–H and O–H groups in total. The van der Waals surface area contributed by atoms with Gasteiger partial charge in [-0.05, 0) is 43.4 Å². The Morgan fingerprint density at radius 2 is 2.05 bits per heavy atom. The molecule has 1 aromatic carbocycles. The van der Waals surface area contributed by atoms with Crippen molar-refractivity contribution in [2.24, 2.45) is 11.7 Å². The predicted molar refractivity (Wildman–Crippen MR) is 87.6 cm³/mol. The van der Waals surface area contributed by atoms with E-state index in [0.717, 1.165) is 17.8 Å². The van der Waals surface area contributed by atoms with Crippen molar-refractivity contribution in [2.75, 3.05) is 31.6 Å². The molecule has 1 fully saturated rings. The Kier molecular flexibility index (Phi) is 5.41. The molecule has 0 aromatic heterocycles. The first-order chi connectivity index (χ1) is 10.5. The average Bonchev–Trinajstić information content (AvgIpc) is 3.26. The fraction of sp³-hybridized carbons (Fsp3) is 0.529. The third-order valence-corrected chi connectivity index (χ3v) is 3.98. The molecule has 5 heteroatoms. The van der Waals surface area contributed by atoms with Gasteiger partial charge in [0.25, 0.3) is 0 Å². The van der Waals surface area contributed by atoms with Crippen molar-refractivity contribution in [3.05, 3.63) is 29.8 Å². The van der Waals surface area contributed by atoms with Gasteiger partial charge in [0, 0.05) is 32.2 Å². The molecule has 0 radical (unpaired) electrons. The van der Waals surface area contributed by atoms with E-state index < -0.39 is 0 Å². The second-order valence-corrected chi connectivity index (χ2v) is 6.19. The molecular formula is C17H25N3O2. The van der Waals surface area contributed by atoms with E-state index in [-0.39, 0.29) is 24.8 Å². The summed E-state index contributed by atoms with van der Waals surface area (Å²) in [4.78, 5) is 27.2. The van der Waals surface area contributed by atoms with Crippen molar-refractivity contribution in [3.8, 4) is 0 Å². The van der Waals surface area contributed by atoms with Crippen LogP contribution < -0.4 is 10.6 Å². The lowest BCUT2D eigenvalue weighted by Gasteiger charge is -2.27. The quantitative estimate of drug-likeness (QED) is 0.792. The van der Waals surface area contributed by atoms with Crippen LogP contribution in [-0.2, 0) is 9.59 Å². The lowest BCUT2D eigenvalue weighted by atomic mass is 10.2. The highest BCUT2D eigenvalue weighted by molar-refractivity contribution is 5.82. The molecule has 0 atom stereocenters. The summed E-state index contributed by atoms with van der Waals surface area (Å²) >= 11 is 0. The van der Waals surface area contributed by atoms with Crippen LogP contribution in [0.2, 0.25) is 0 Å². The second-order valence-electron chi connectivity index (χ2n) is 6.19. The summed E-state index contributed by atoms with van der Waals surface area (Å²) in [5.41, 5.74) is 7.33. The van der Waals surface area contributed by atoms with E-state index in [4.69, 9.17) is 5.73 Å². The maximum atomic E-state index is 12.4. The highest BCUT2D eigenvalue weighted by Gasteiger charge is 2.25. The first kappa shape index (κ1) is 16.3. The summed E-state index contributed by atoms with van der Waals surface area (Å²) in [6.45, 7) is 3.58. The normalized spacial score (nSPS) is 13.7. The van der Waals surface area contributed by atoms with Crippen LogP contribution in [0.5, 0.6) is 0 Å². The van der Waals surface area contributed by atoms with Crippen molar-refractivity contribution in [3.63, 3.8) is 0 Å².